The smallest absolute Gasteiger partial charge is 0 e. The first-order valence-corrected chi connectivity index (χ1v) is 8.68. The van der Waals surface area contributed by atoms with Crippen LogP contribution in [0.5, 0.6) is 0 Å². The Bertz CT molecular complexity index is 577. The van der Waals surface area contributed by atoms with Gasteiger partial charge in [-0.1, -0.05) is 25.7 Å². The van der Waals surface area contributed by atoms with Crippen molar-refractivity contribution >= 4 is 0 Å². The van der Waals surface area contributed by atoms with Crippen LogP contribution in [0.1, 0.15) is 36.8 Å². The third kappa shape index (κ3) is 9.22. The van der Waals surface area contributed by atoms with E-state index >= 15 is 0 Å². The third-order valence-electron chi connectivity index (χ3n) is 3.87. The van der Waals surface area contributed by atoms with Crippen LogP contribution in [0.3, 0.4) is 0 Å². The molecular weight excluding hydrogens is 400 g/mol. The molecule has 0 aromatic heterocycles. The van der Waals surface area contributed by atoms with E-state index in [9.17, 15) is 0 Å². The van der Waals surface area contributed by atoms with Crippen molar-refractivity contribution < 1.29 is 34.1 Å². The van der Waals surface area contributed by atoms with Gasteiger partial charge < -0.3 is 30.3 Å². The van der Waals surface area contributed by atoms with Crippen molar-refractivity contribution in [2.24, 2.45) is 0 Å². The first-order valence-electron chi connectivity index (χ1n) is 8.68. The number of hydrogen-bond acceptors (Lipinski definition) is 0. The minimum atomic E-state index is 0. The van der Waals surface area contributed by atoms with E-state index in [1.54, 1.807) is 0 Å². The summed E-state index contributed by atoms with van der Waals surface area (Å²) >= 11 is 0. The van der Waals surface area contributed by atoms with Gasteiger partial charge in [-0.2, -0.15) is 53.6 Å². The van der Waals surface area contributed by atoms with Gasteiger partial charge in [-0.15, -0.1) is 0 Å². The molecule has 0 aliphatic rings. The molecular formula is C24H26Fe2-8. The maximum atomic E-state index is 2.25. The predicted molar refractivity (Wildman–Crippen MR) is 105 cm³/mol. The Kier molecular flexibility index (Phi) is 14.7. The largest absolute Gasteiger partial charge is 0.748 e. The molecule has 0 saturated carbocycles. The fraction of sp³-hybridized carbons (Fsp3) is 0.167. The summed E-state index contributed by atoms with van der Waals surface area (Å²) in [5, 5.41) is 0. The van der Waals surface area contributed by atoms with Gasteiger partial charge in [0.25, 0.3) is 0 Å². The molecule has 0 nitrogen and oxygen atoms in total. The Labute approximate surface area is 179 Å². The fourth-order valence-corrected chi connectivity index (χ4v) is 2.70. The fourth-order valence-electron chi connectivity index (χ4n) is 2.70. The Hall–Kier alpha value is -1.56. The zero-order chi connectivity index (χ0) is 16.9. The molecule has 0 aliphatic carbocycles. The first-order chi connectivity index (χ1) is 11.9. The molecule has 2 heteroatoms. The summed E-state index contributed by atoms with van der Waals surface area (Å²) in [5.74, 6) is 0.602. The molecule has 0 radical (unpaired) electrons. The van der Waals surface area contributed by atoms with Gasteiger partial charge in [-0.05, 0) is 0 Å². The van der Waals surface area contributed by atoms with Crippen LogP contribution in [0.25, 0.3) is 0 Å². The average molecular weight is 426 g/mol. The van der Waals surface area contributed by atoms with E-state index in [1.165, 1.54) is 24.0 Å². The molecule has 4 aromatic rings. The molecule has 0 fully saturated rings. The molecule has 26 heavy (non-hydrogen) atoms. The Morgan fingerprint density at radius 3 is 1.31 bits per heavy atom. The first kappa shape index (κ1) is 24.4. The van der Waals surface area contributed by atoms with Gasteiger partial charge in [0.05, 0.1) is 0 Å². The summed E-state index contributed by atoms with van der Waals surface area (Å²) in [7, 11) is 0. The van der Waals surface area contributed by atoms with Gasteiger partial charge in [0.1, 0.15) is 0 Å². The predicted octanol–water partition coefficient (Wildman–Crippen LogP) is 6.86. The average Bonchev–Trinajstić information content (AvgIpc) is 3.43. The van der Waals surface area contributed by atoms with Crippen molar-refractivity contribution in [3.63, 3.8) is 0 Å². The monoisotopic (exact) mass is 426 g/mol. The zero-order valence-electron chi connectivity index (χ0n) is 15.1. The maximum absolute atomic E-state index is 2.25. The van der Waals surface area contributed by atoms with E-state index < -0.39 is 0 Å². The summed E-state index contributed by atoms with van der Waals surface area (Å²) in [6.07, 6.45) is 2.48. The second kappa shape index (κ2) is 15.7. The minimum absolute atomic E-state index is 0. The third-order valence-corrected chi connectivity index (χ3v) is 3.87. The topological polar surface area (TPSA) is 0 Å². The van der Waals surface area contributed by atoms with Crippen LogP contribution in [0.15, 0.2) is 109 Å². The van der Waals surface area contributed by atoms with Crippen molar-refractivity contribution in [1.29, 1.82) is 0 Å². The Morgan fingerprint density at radius 1 is 0.654 bits per heavy atom. The molecule has 4 rings (SSSR count). The van der Waals surface area contributed by atoms with Gasteiger partial charge in [-0.25, -0.2) is 36.4 Å². The molecule has 0 spiro atoms. The van der Waals surface area contributed by atoms with Crippen LogP contribution in [0.4, 0.5) is 0 Å². The van der Waals surface area contributed by atoms with Crippen molar-refractivity contribution in [3.8, 4) is 0 Å². The van der Waals surface area contributed by atoms with Gasteiger partial charge in [0, 0.05) is 34.1 Å². The zero-order valence-corrected chi connectivity index (χ0v) is 17.3. The van der Waals surface area contributed by atoms with Crippen LogP contribution in [0, 0.1) is 0 Å². The van der Waals surface area contributed by atoms with Gasteiger partial charge in [0.15, 0.2) is 0 Å². The number of rotatable bonds is 4. The van der Waals surface area contributed by atoms with Crippen LogP contribution < -0.4 is 0 Å². The molecule has 4 aromatic carbocycles. The Balaban J connectivity index is 0.000000432. The van der Waals surface area contributed by atoms with Crippen molar-refractivity contribution in [2.75, 3.05) is 0 Å². The van der Waals surface area contributed by atoms with Crippen molar-refractivity contribution in [1.82, 2.24) is 0 Å². The van der Waals surface area contributed by atoms with E-state index in [-0.39, 0.29) is 34.1 Å². The summed E-state index contributed by atoms with van der Waals surface area (Å²) in [6, 6.07) is 37.4. The standard InChI is InChI=1S/C14H16.2C5H5.2Fe/c1-2-7-14(12-8-3-4-9-12)13-10-5-6-11-13;2*1-2-4-5-3-1;;/h3-6,8-11,14H,2,7H2,1H3;2*1-5H;;/q-2;-5;-1;;. The second-order valence-electron chi connectivity index (χ2n) is 5.70. The van der Waals surface area contributed by atoms with Crippen molar-refractivity contribution in [3.05, 3.63) is 120 Å². The van der Waals surface area contributed by atoms with Crippen LogP contribution in [0.2, 0.25) is 0 Å². The van der Waals surface area contributed by atoms with Gasteiger partial charge in [0.2, 0.25) is 0 Å². The van der Waals surface area contributed by atoms with E-state index in [2.05, 4.69) is 55.5 Å². The van der Waals surface area contributed by atoms with E-state index in [4.69, 9.17) is 0 Å². The van der Waals surface area contributed by atoms with Gasteiger partial charge >= 0.3 is 0 Å². The SMILES string of the molecule is CCCC([c-]1cccc1)[c-]1cccc1.[Fe].[Fe].[cH-]1[cH-][cH-][cH-][cH-]1.c1cc[cH-]c1. The maximum Gasteiger partial charge on any atom is 0 e. The Morgan fingerprint density at radius 2 is 1.04 bits per heavy atom. The molecule has 0 N–H and O–H groups in total. The van der Waals surface area contributed by atoms with Crippen LogP contribution in [-0.4, -0.2) is 0 Å². The molecule has 0 atom stereocenters. The normalized spacial score (nSPS) is 9.00. The molecule has 0 aliphatic heterocycles. The number of hydrogen-bond donors (Lipinski definition) is 0. The molecule has 0 amide bonds. The van der Waals surface area contributed by atoms with Crippen LogP contribution in [-0.2, 0) is 34.1 Å². The summed E-state index contributed by atoms with van der Waals surface area (Å²) in [6.45, 7) is 2.25. The van der Waals surface area contributed by atoms with Crippen molar-refractivity contribution in [2.45, 2.75) is 25.7 Å². The second-order valence-corrected chi connectivity index (χ2v) is 5.70. The van der Waals surface area contributed by atoms with E-state index in [0.717, 1.165) is 0 Å². The van der Waals surface area contributed by atoms with Gasteiger partial charge in [-0.3, -0.25) is 0 Å². The molecule has 0 bridgehead atoms. The van der Waals surface area contributed by atoms with E-state index in [0.29, 0.717) is 5.92 Å². The molecule has 0 heterocycles. The summed E-state index contributed by atoms with van der Waals surface area (Å²) < 4.78 is 0. The summed E-state index contributed by atoms with van der Waals surface area (Å²) in [5.41, 5.74) is 2.91. The van der Waals surface area contributed by atoms with Crippen LogP contribution >= 0.6 is 0 Å². The molecule has 0 saturated heterocycles. The molecule has 0 unspecified atom stereocenters. The van der Waals surface area contributed by atoms with E-state index in [1.807, 2.05) is 60.7 Å². The molecule has 146 valence electrons. The quantitative estimate of drug-likeness (QED) is 0.247. The minimum Gasteiger partial charge on any atom is -0.748 e. The summed E-state index contributed by atoms with van der Waals surface area (Å²) in [4.78, 5) is 0.